The molecule has 114 valence electrons. The summed E-state index contributed by atoms with van der Waals surface area (Å²) in [6, 6.07) is 7.33. The average molecular weight is 309 g/mol. The van der Waals surface area contributed by atoms with E-state index in [1.54, 1.807) is 12.1 Å². The second kappa shape index (κ2) is 8.47. The molecule has 1 rings (SSSR count). The van der Waals surface area contributed by atoms with Crippen LogP contribution in [0.4, 0.5) is 0 Å². The minimum absolute atomic E-state index is 0.0559. The lowest BCUT2D eigenvalue weighted by atomic mass is 10.2. The lowest BCUT2D eigenvalue weighted by Gasteiger charge is -2.19. The molecule has 0 aliphatic heterocycles. The first-order chi connectivity index (χ1) is 9.93. The summed E-state index contributed by atoms with van der Waals surface area (Å²) in [4.78, 5) is 25.3. The van der Waals surface area contributed by atoms with E-state index in [1.165, 1.54) is 11.0 Å². The van der Waals surface area contributed by atoms with Crippen molar-refractivity contribution in [2.24, 2.45) is 0 Å². The van der Waals surface area contributed by atoms with Gasteiger partial charge in [0.15, 0.2) is 0 Å². The fraction of sp³-hybridized carbons (Fsp3) is 0.375. The van der Waals surface area contributed by atoms with Gasteiger partial charge in [0.2, 0.25) is 11.8 Å². The van der Waals surface area contributed by atoms with Gasteiger partial charge in [0.1, 0.15) is 0 Å². The third kappa shape index (κ3) is 6.00. The van der Waals surface area contributed by atoms with Crippen LogP contribution in [0.3, 0.4) is 0 Å². The van der Waals surface area contributed by atoms with E-state index in [-0.39, 0.29) is 24.4 Å². The highest BCUT2D eigenvalue weighted by molar-refractivity contribution is 6.32. The first kappa shape index (κ1) is 17.2. The summed E-state index contributed by atoms with van der Waals surface area (Å²) in [5.41, 5.74) is 0.773. The number of benzene rings is 1. The first-order valence-corrected chi connectivity index (χ1v) is 7.32. The summed E-state index contributed by atoms with van der Waals surface area (Å²) in [6.45, 7) is 6.13. The molecule has 0 saturated carbocycles. The van der Waals surface area contributed by atoms with Gasteiger partial charge >= 0.3 is 0 Å². The van der Waals surface area contributed by atoms with Crippen molar-refractivity contribution in [3.05, 3.63) is 40.9 Å². The standard InChI is InChI=1S/C16H21ClN2O2/c1-4-19(11-15(20)18-12(2)3)16(21)10-9-13-7-5-6-8-14(13)17/h5-10,12H,4,11H2,1-3H3,(H,18,20)/b10-9+. The Morgan fingerprint density at radius 3 is 2.57 bits per heavy atom. The summed E-state index contributed by atoms with van der Waals surface area (Å²) in [5, 5.41) is 3.35. The van der Waals surface area contributed by atoms with Gasteiger partial charge in [-0.3, -0.25) is 9.59 Å². The zero-order valence-electron chi connectivity index (χ0n) is 12.6. The van der Waals surface area contributed by atoms with Gasteiger partial charge in [-0.25, -0.2) is 0 Å². The van der Waals surface area contributed by atoms with Gasteiger partial charge in [0, 0.05) is 23.7 Å². The minimum Gasteiger partial charge on any atom is -0.352 e. The molecule has 5 heteroatoms. The van der Waals surface area contributed by atoms with E-state index in [1.807, 2.05) is 39.0 Å². The maximum atomic E-state index is 12.1. The fourth-order valence-corrected chi connectivity index (χ4v) is 1.96. The molecule has 1 aromatic carbocycles. The lowest BCUT2D eigenvalue weighted by molar-refractivity contribution is -0.132. The molecule has 0 aliphatic rings. The Balaban J connectivity index is 2.67. The highest BCUT2D eigenvalue weighted by Gasteiger charge is 2.13. The van der Waals surface area contributed by atoms with Crippen LogP contribution in [0, 0.1) is 0 Å². The van der Waals surface area contributed by atoms with E-state index in [2.05, 4.69) is 5.32 Å². The highest BCUT2D eigenvalue weighted by Crippen LogP contribution is 2.16. The predicted molar refractivity (Wildman–Crippen MR) is 86.0 cm³/mol. The largest absolute Gasteiger partial charge is 0.352 e. The van der Waals surface area contributed by atoms with Crippen LogP contribution in [0.15, 0.2) is 30.3 Å². The Morgan fingerprint density at radius 1 is 1.33 bits per heavy atom. The van der Waals surface area contributed by atoms with Crippen molar-refractivity contribution >= 4 is 29.5 Å². The zero-order chi connectivity index (χ0) is 15.8. The topological polar surface area (TPSA) is 49.4 Å². The molecule has 2 amide bonds. The van der Waals surface area contributed by atoms with E-state index >= 15 is 0 Å². The zero-order valence-corrected chi connectivity index (χ0v) is 13.4. The Morgan fingerprint density at radius 2 is 2.00 bits per heavy atom. The summed E-state index contributed by atoms with van der Waals surface area (Å²) in [6.07, 6.45) is 3.10. The van der Waals surface area contributed by atoms with Crippen LogP contribution in [-0.2, 0) is 9.59 Å². The Kier molecular flexibility index (Phi) is 6.96. The molecule has 0 atom stereocenters. The molecular weight excluding hydrogens is 288 g/mol. The molecule has 1 N–H and O–H groups in total. The number of nitrogens with one attached hydrogen (secondary N) is 1. The Labute approximate surface area is 130 Å². The van der Waals surface area contributed by atoms with E-state index in [9.17, 15) is 9.59 Å². The molecule has 21 heavy (non-hydrogen) atoms. The van der Waals surface area contributed by atoms with Crippen LogP contribution in [-0.4, -0.2) is 35.8 Å². The molecule has 0 unspecified atom stereocenters. The molecule has 0 radical (unpaired) electrons. The summed E-state index contributed by atoms with van der Waals surface area (Å²) >= 11 is 6.02. The van der Waals surface area contributed by atoms with Gasteiger partial charge < -0.3 is 10.2 Å². The van der Waals surface area contributed by atoms with Crippen LogP contribution in [0.5, 0.6) is 0 Å². The Hall–Kier alpha value is -1.81. The smallest absolute Gasteiger partial charge is 0.247 e. The molecule has 0 aromatic heterocycles. The van der Waals surface area contributed by atoms with Gasteiger partial charge in [0.05, 0.1) is 6.54 Å². The van der Waals surface area contributed by atoms with Crippen molar-refractivity contribution < 1.29 is 9.59 Å². The second-order valence-electron chi connectivity index (χ2n) is 4.93. The second-order valence-corrected chi connectivity index (χ2v) is 5.34. The quantitative estimate of drug-likeness (QED) is 0.822. The van der Waals surface area contributed by atoms with Crippen molar-refractivity contribution in [2.75, 3.05) is 13.1 Å². The molecule has 4 nitrogen and oxygen atoms in total. The van der Waals surface area contributed by atoms with Crippen molar-refractivity contribution in [3.8, 4) is 0 Å². The number of halogens is 1. The van der Waals surface area contributed by atoms with Crippen molar-refractivity contribution in [1.82, 2.24) is 10.2 Å². The number of carbonyl (C=O) groups is 2. The molecule has 0 aliphatic carbocycles. The van der Waals surface area contributed by atoms with E-state index in [4.69, 9.17) is 11.6 Å². The van der Waals surface area contributed by atoms with E-state index in [0.29, 0.717) is 11.6 Å². The van der Waals surface area contributed by atoms with Gasteiger partial charge in [0.25, 0.3) is 0 Å². The highest BCUT2D eigenvalue weighted by atomic mass is 35.5. The van der Waals surface area contributed by atoms with Gasteiger partial charge in [-0.05, 0) is 38.5 Å². The summed E-state index contributed by atoms with van der Waals surface area (Å²) < 4.78 is 0. The van der Waals surface area contributed by atoms with Crippen molar-refractivity contribution in [2.45, 2.75) is 26.8 Å². The number of carbonyl (C=O) groups excluding carboxylic acids is 2. The van der Waals surface area contributed by atoms with Crippen molar-refractivity contribution in [1.29, 1.82) is 0 Å². The van der Waals surface area contributed by atoms with Gasteiger partial charge in [-0.15, -0.1) is 0 Å². The number of hydrogen-bond donors (Lipinski definition) is 1. The van der Waals surface area contributed by atoms with Crippen molar-refractivity contribution in [3.63, 3.8) is 0 Å². The number of amides is 2. The first-order valence-electron chi connectivity index (χ1n) is 6.95. The predicted octanol–water partition coefficient (Wildman–Crippen LogP) is 2.73. The summed E-state index contributed by atoms with van der Waals surface area (Å²) in [7, 11) is 0. The third-order valence-corrected chi connectivity index (χ3v) is 3.13. The van der Waals surface area contributed by atoms with Crippen LogP contribution < -0.4 is 5.32 Å². The minimum atomic E-state index is -0.212. The van der Waals surface area contributed by atoms with Crippen LogP contribution in [0.2, 0.25) is 5.02 Å². The Bertz CT molecular complexity index is 527. The monoisotopic (exact) mass is 308 g/mol. The lowest BCUT2D eigenvalue weighted by Crippen LogP contribution is -2.42. The molecule has 0 spiro atoms. The van der Waals surface area contributed by atoms with Crippen LogP contribution in [0.25, 0.3) is 6.08 Å². The van der Waals surface area contributed by atoms with Gasteiger partial charge in [-0.1, -0.05) is 29.8 Å². The molecular formula is C16H21ClN2O2. The number of likely N-dealkylation sites (N-methyl/N-ethyl adjacent to an activating group) is 1. The number of nitrogens with zero attached hydrogens (tertiary/aromatic N) is 1. The molecule has 1 aromatic rings. The molecule has 0 saturated heterocycles. The van der Waals surface area contributed by atoms with Crippen LogP contribution >= 0.6 is 11.6 Å². The fourth-order valence-electron chi connectivity index (χ4n) is 1.76. The SMILES string of the molecule is CCN(CC(=O)NC(C)C)C(=O)/C=C/c1ccccc1Cl. The molecule has 0 fully saturated rings. The molecule has 0 bridgehead atoms. The maximum Gasteiger partial charge on any atom is 0.247 e. The average Bonchev–Trinajstić information content (AvgIpc) is 2.42. The van der Waals surface area contributed by atoms with E-state index < -0.39 is 0 Å². The van der Waals surface area contributed by atoms with Gasteiger partial charge in [-0.2, -0.15) is 0 Å². The van der Waals surface area contributed by atoms with Crippen LogP contribution in [0.1, 0.15) is 26.3 Å². The third-order valence-electron chi connectivity index (χ3n) is 2.79. The normalized spacial score (nSPS) is 10.9. The number of rotatable bonds is 6. The summed E-state index contributed by atoms with van der Waals surface area (Å²) in [5.74, 6) is -0.373. The maximum absolute atomic E-state index is 12.1. The van der Waals surface area contributed by atoms with E-state index in [0.717, 1.165) is 5.56 Å². The molecule has 0 heterocycles. The number of hydrogen-bond acceptors (Lipinski definition) is 2.